The van der Waals surface area contributed by atoms with Crippen molar-refractivity contribution in [3.63, 3.8) is 0 Å². The van der Waals surface area contributed by atoms with Gasteiger partial charge in [0.2, 0.25) is 20.0 Å². The molecule has 2 aliphatic rings. The zero-order valence-corrected chi connectivity index (χ0v) is 16.2. The lowest BCUT2D eigenvalue weighted by Crippen LogP contribution is -2.48. The minimum atomic E-state index is -3.73. The van der Waals surface area contributed by atoms with Crippen LogP contribution in [-0.4, -0.2) is 70.0 Å². The van der Waals surface area contributed by atoms with Crippen LogP contribution in [0.1, 0.15) is 12.8 Å². The Balaban J connectivity index is 1.74. The quantitative estimate of drug-likeness (QED) is 0.720. The van der Waals surface area contributed by atoms with Gasteiger partial charge in [-0.05, 0) is 37.1 Å². The average molecular weight is 408 g/mol. The molecule has 0 radical (unpaired) electrons. The predicted molar refractivity (Wildman–Crippen MR) is 96.6 cm³/mol. The van der Waals surface area contributed by atoms with E-state index in [4.69, 9.17) is 11.6 Å². The molecular weight excluding hydrogens is 386 g/mol. The summed E-state index contributed by atoms with van der Waals surface area (Å²) in [5.41, 5.74) is 0. The first-order valence-electron chi connectivity index (χ1n) is 8.27. The van der Waals surface area contributed by atoms with E-state index >= 15 is 0 Å². The first-order chi connectivity index (χ1) is 11.8. The highest BCUT2D eigenvalue weighted by Crippen LogP contribution is 2.32. The second-order valence-electron chi connectivity index (χ2n) is 6.27. The lowest BCUT2D eigenvalue weighted by Gasteiger charge is -2.28. The van der Waals surface area contributed by atoms with Gasteiger partial charge in [0.15, 0.2) is 0 Å². The Hall–Kier alpha value is -0.710. The Morgan fingerprint density at radius 2 is 1.68 bits per heavy atom. The van der Waals surface area contributed by atoms with E-state index in [-0.39, 0.29) is 23.2 Å². The Morgan fingerprint density at radius 3 is 2.24 bits per heavy atom. The van der Waals surface area contributed by atoms with Gasteiger partial charge < -0.3 is 5.32 Å². The largest absolute Gasteiger partial charge is 0.314 e. The number of hydrogen-bond acceptors (Lipinski definition) is 5. The van der Waals surface area contributed by atoms with Gasteiger partial charge >= 0.3 is 0 Å². The fourth-order valence-corrected chi connectivity index (χ4v) is 6.21. The summed E-state index contributed by atoms with van der Waals surface area (Å²) >= 11 is 5.82. The molecule has 1 aromatic rings. The first-order valence-corrected chi connectivity index (χ1v) is 11.7. The van der Waals surface area contributed by atoms with Crippen molar-refractivity contribution in [3.05, 3.63) is 29.3 Å². The molecule has 0 bridgehead atoms. The molecule has 1 aliphatic carbocycles. The zero-order chi connectivity index (χ0) is 18.1. The Kier molecular flexibility index (Phi) is 5.72. The smallest absolute Gasteiger partial charge is 0.243 e. The third-order valence-corrected chi connectivity index (χ3v) is 8.48. The van der Waals surface area contributed by atoms with Crippen LogP contribution in [0.2, 0.25) is 5.02 Å². The summed E-state index contributed by atoms with van der Waals surface area (Å²) in [6.45, 7) is 2.07. The molecule has 7 nitrogen and oxygen atoms in total. The van der Waals surface area contributed by atoms with Crippen LogP contribution in [0.5, 0.6) is 0 Å². The number of hydrogen-bond donors (Lipinski definition) is 1. The van der Waals surface area contributed by atoms with E-state index in [1.165, 1.54) is 32.9 Å². The molecule has 1 saturated carbocycles. The van der Waals surface area contributed by atoms with Gasteiger partial charge in [-0.15, -0.1) is 0 Å². The van der Waals surface area contributed by atoms with Gasteiger partial charge in [0, 0.05) is 43.8 Å². The summed E-state index contributed by atoms with van der Waals surface area (Å²) in [6.07, 6.45) is 1.53. The zero-order valence-electron chi connectivity index (χ0n) is 13.8. The SMILES string of the molecule is O=S(=O)(CCN(C1CC1)S(=O)(=O)c1ccc(Cl)cc1)N1CCNCC1. The van der Waals surface area contributed by atoms with Gasteiger partial charge in [-0.2, -0.15) is 8.61 Å². The number of benzene rings is 1. The molecular formula is C15H22ClN3O4S2. The highest BCUT2D eigenvalue weighted by molar-refractivity contribution is 7.90. The molecule has 25 heavy (non-hydrogen) atoms. The van der Waals surface area contributed by atoms with Crippen LogP contribution in [0.4, 0.5) is 0 Å². The standard InChI is InChI=1S/C15H22ClN3O4S2/c16-13-1-5-15(6-2-13)25(22,23)19(14-3-4-14)11-12-24(20,21)18-9-7-17-8-10-18/h1-2,5-6,14,17H,3-4,7-12H2. The van der Waals surface area contributed by atoms with Crippen molar-refractivity contribution in [1.29, 1.82) is 0 Å². The molecule has 0 spiro atoms. The van der Waals surface area contributed by atoms with E-state index in [1.54, 1.807) is 0 Å². The lowest BCUT2D eigenvalue weighted by atomic mass is 10.4. The average Bonchev–Trinajstić information content (AvgIpc) is 3.41. The third-order valence-electron chi connectivity index (χ3n) is 4.41. The van der Waals surface area contributed by atoms with Crippen molar-refractivity contribution in [1.82, 2.24) is 13.9 Å². The maximum absolute atomic E-state index is 12.9. The van der Waals surface area contributed by atoms with Crippen molar-refractivity contribution in [2.24, 2.45) is 0 Å². The molecule has 1 aliphatic heterocycles. The number of halogens is 1. The predicted octanol–water partition coefficient (Wildman–Crippen LogP) is 0.728. The van der Waals surface area contributed by atoms with E-state index in [1.807, 2.05) is 0 Å². The summed E-state index contributed by atoms with van der Waals surface area (Å²) in [5, 5.41) is 3.56. The van der Waals surface area contributed by atoms with Crippen LogP contribution in [0, 0.1) is 0 Å². The van der Waals surface area contributed by atoms with Crippen molar-refractivity contribution in [2.45, 2.75) is 23.8 Å². The van der Waals surface area contributed by atoms with Gasteiger partial charge in [0.05, 0.1) is 10.6 Å². The summed E-state index contributed by atoms with van der Waals surface area (Å²) in [6, 6.07) is 5.85. The number of nitrogens with zero attached hydrogens (tertiary/aromatic N) is 2. The summed E-state index contributed by atoms with van der Waals surface area (Å²) in [5.74, 6) is -0.198. The number of nitrogens with one attached hydrogen (secondary N) is 1. The number of sulfonamides is 2. The summed E-state index contributed by atoms with van der Waals surface area (Å²) in [4.78, 5) is 0.142. The van der Waals surface area contributed by atoms with Gasteiger partial charge in [-0.25, -0.2) is 16.8 Å². The molecule has 0 amide bonds. The third kappa shape index (κ3) is 4.53. The molecule has 2 fully saturated rings. The topological polar surface area (TPSA) is 86.8 Å². The van der Waals surface area contributed by atoms with Crippen LogP contribution in [-0.2, 0) is 20.0 Å². The highest BCUT2D eigenvalue weighted by atomic mass is 35.5. The maximum Gasteiger partial charge on any atom is 0.243 e. The molecule has 10 heteroatoms. The van der Waals surface area contributed by atoms with Gasteiger partial charge in [-0.3, -0.25) is 0 Å². The second-order valence-corrected chi connectivity index (χ2v) is 10.7. The van der Waals surface area contributed by atoms with Crippen LogP contribution in [0.3, 0.4) is 0 Å². The first kappa shape index (κ1) is 19.1. The van der Waals surface area contributed by atoms with E-state index < -0.39 is 20.0 Å². The molecule has 1 heterocycles. The maximum atomic E-state index is 12.9. The van der Waals surface area contributed by atoms with Crippen LogP contribution < -0.4 is 5.32 Å². The van der Waals surface area contributed by atoms with E-state index in [9.17, 15) is 16.8 Å². The Morgan fingerprint density at radius 1 is 1.08 bits per heavy atom. The van der Waals surface area contributed by atoms with Crippen molar-refractivity contribution in [2.75, 3.05) is 38.5 Å². The van der Waals surface area contributed by atoms with Crippen molar-refractivity contribution >= 4 is 31.6 Å². The fraction of sp³-hybridized carbons (Fsp3) is 0.600. The molecule has 0 aromatic heterocycles. The van der Waals surface area contributed by atoms with Crippen molar-refractivity contribution in [3.8, 4) is 0 Å². The molecule has 0 atom stereocenters. The van der Waals surface area contributed by atoms with E-state index in [0.29, 0.717) is 31.2 Å². The minimum absolute atomic E-state index is 0.0259. The van der Waals surface area contributed by atoms with Gasteiger partial charge in [0.25, 0.3) is 0 Å². The number of rotatable bonds is 7. The number of piperazine rings is 1. The van der Waals surface area contributed by atoms with Crippen molar-refractivity contribution < 1.29 is 16.8 Å². The molecule has 1 aromatic carbocycles. The molecule has 1 N–H and O–H groups in total. The monoisotopic (exact) mass is 407 g/mol. The molecule has 0 unspecified atom stereocenters. The van der Waals surface area contributed by atoms with Gasteiger partial charge in [-0.1, -0.05) is 11.6 Å². The minimum Gasteiger partial charge on any atom is -0.314 e. The van der Waals surface area contributed by atoms with Crippen LogP contribution >= 0.6 is 11.6 Å². The normalized spacial score (nSPS) is 20.1. The lowest BCUT2D eigenvalue weighted by molar-refractivity contribution is 0.355. The molecule has 140 valence electrons. The summed E-state index contributed by atoms with van der Waals surface area (Å²) < 4.78 is 53.5. The van der Waals surface area contributed by atoms with Crippen LogP contribution in [0.25, 0.3) is 0 Å². The summed E-state index contributed by atoms with van der Waals surface area (Å²) in [7, 11) is -7.20. The van der Waals surface area contributed by atoms with E-state index in [2.05, 4.69) is 5.32 Å². The Labute approximate surface area is 154 Å². The van der Waals surface area contributed by atoms with Crippen LogP contribution in [0.15, 0.2) is 29.2 Å². The fourth-order valence-electron chi connectivity index (χ4n) is 2.86. The Bertz CT molecular complexity index is 802. The van der Waals surface area contributed by atoms with E-state index in [0.717, 1.165) is 12.8 Å². The highest BCUT2D eigenvalue weighted by Gasteiger charge is 2.39. The molecule has 3 rings (SSSR count). The van der Waals surface area contributed by atoms with Gasteiger partial charge in [0.1, 0.15) is 0 Å². The second kappa shape index (κ2) is 7.50. The molecule has 1 saturated heterocycles.